The monoisotopic (exact) mass is 232 g/mol. The van der Waals surface area contributed by atoms with Gasteiger partial charge < -0.3 is 10.0 Å². The molecular weight excluding hydrogens is 219 g/mol. The van der Waals surface area contributed by atoms with Crippen molar-refractivity contribution in [3.05, 3.63) is 54.1 Å². The van der Waals surface area contributed by atoms with E-state index in [0.29, 0.717) is 6.54 Å². The van der Waals surface area contributed by atoms with E-state index in [2.05, 4.69) is 4.98 Å². The van der Waals surface area contributed by atoms with E-state index in [0.717, 1.165) is 11.4 Å². The summed E-state index contributed by atoms with van der Waals surface area (Å²) < 4.78 is 13.0. The predicted molar refractivity (Wildman–Crippen MR) is 64.4 cm³/mol. The Hall–Kier alpha value is -2.10. The molecular formula is C13H13FN2O. The SMILES string of the molecule is CN(Cc1ccc(O)cn1)c1cccc(F)c1. The van der Waals surface area contributed by atoms with Crippen molar-refractivity contribution in [2.75, 3.05) is 11.9 Å². The van der Waals surface area contributed by atoms with Crippen molar-refractivity contribution in [1.29, 1.82) is 0 Å². The van der Waals surface area contributed by atoms with Crippen LogP contribution in [-0.2, 0) is 6.54 Å². The van der Waals surface area contributed by atoms with Crippen LogP contribution in [0.5, 0.6) is 5.75 Å². The molecule has 1 aromatic carbocycles. The third-order valence-electron chi connectivity index (χ3n) is 2.46. The highest BCUT2D eigenvalue weighted by molar-refractivity contribution is 5.45. The molecule has 0 spiro atoms. The summed E-state index contributed by atoms with van der Waals surface area (Å²) in [5.41, 5.74) is 1.61. The van der Waals surface area contributed by atoms with E-state index in [9.17, 15) is 4.39 Å². The summed E-state index contributed by atoms with van der Waals surface area (Å²) in [4.78, 5) is 5.97. The second-order valence-electron chi connectivity index (χ2n) is 3.84. The first-order valence-electron chi connectivity index (χ1n) is 5.26. The Morgan fingerprint density at radius 3 is 2.76 bits per heavy atom. The highest BCUT2D eigenvalue weighted by Gasteiger charge is 2.04. The van der Waals surface area contributed by atoms with Gasteiger partial charge in [0.25, 0.3) is 0 Å². The van der Waals surface area contributed by atoms with Gasteiger partial charge in [0.1, 0.15) is 11.6 Å². The number of halogens is 1. The van der Waals surface area contributed by atoms with Crippen molar-refractivity contribution in [2.45, 2.75) is 6.54 Å². The fourth-order valence-corrected chi connectivity index (χ4v) is 1.56. The highest BCUT2D eigenvalue weighted by atomic mass is 19.1. The van der Waals surface area contributed by atoms with Gasteiger partial charge in [-0.3, -0.25) is 4.98 Å². The van der Waals surface area contributed by atoms with Crippen molar-refractivity contribution < 1.29 is 9.50 Å². The van der Waals surface area contributed by atoms with E-state index in [4.69, 9.17) is 5.11 Å². The number of hydrogen-bond acceptors (Lipinski definition) is 3. The first-order chi connectivity index (χ1) is 8.15. The van der Waals surface area contributed by atoms with Gasteiger partial charge in [0.2, 0.25) is 0 Å². The lowest BCUT2D eigenvalue weighted by Crippen LogP contribution is -2.17. The number of benzene rings is 1. The molecule has 2 aromatic rings. The quantitative estimate of drug-likeness (QED) is 0.883. The van der Waals surface area contributed by atoms with Crippen LogP contribution in [0, 0.1) is 5.82 Å². The molecule has 1 N–H and O–H groups in total. The Labute approximate surface area is 99.2 Å². The lowest BCUT2D eigenvalue weighted by Gasteiger charge is -2.18. The predicted octanol–water partition coefficient (Wildman–Crippen LogP) is 2.56. The van der Waals surface area contributed by atoms with E-state index in [1.165, 1.54) is 18.3 Å². The van der Waals surface area contributed by atoms with Gasteiger partial charge in [-0.25, -0.2) is 4.39 Å². The smallest absolute Gasteiger partial charge is 0.133 e. The van der Waals surface area contributed by atoms with Gasteiger partial charge in [-0.1, -0.05) is 6.07 Å². The Morgan fingerprint density at radius 2 is 2.12 bits per heavy atom. The molecule has 0 aliphatic carbocycles. The van der Waals surface area contributed by atoms with E-state index in [1.807, 2.05) is 18.0 Å². The third kappa shape index (κ3) is 2.93. The van der Waals surface area contributed by atoms with Crippen LogP contribution >= 0.6 is 0 Å². The lowest BCUT2D eigenvalue weighted by atomic mass is 10.2. The maximum Gasteiger partial charge on any atom is 0.133 e. The molecule has 0 fully saturated rings. The summed E-state index contributed by atoms with van der Waals surface area (Å²) in [6.07, 6.45) is 1.40. The zero-order chi connectivity index (χ0) is 12.3. The summed E-state index contributed by atoms with van der Waals surface area (Å²) in [7, 11) is 1.86. The largest absolute Gasteiger partial charge is 0.506 e. The zero-order valence-electron chi connectivity index (χ0n) is 9.47. The third-order valence-corrected chi connectivity index (χ3v) is 2.46. The first-order valence-corrected chi connectivity index (χ1v) is 5.26. The second-order valence-corrected chi connectivity index (χ2v) is 3.84. The van der Waals surface area contributed by atoms with Crippen molar-refractivity contribution in [3.8, 4) is 5.75 Å². The standard InChI is InChI=1S/C13H13FN2O/c1-16(12-4-2-3-10(14)7-12)9-11-5-6-13(17)8-15-11/h2-8,17H,9H2,1H3. The summed E-state index contributed by atoms with van der Waals surface area (Å²) in [6, 6.07) is 9.72. The Kier molecular flexibility index (Phi) is 3.23. The molecule has 0 atom stereocenters. The summed E-state index contributed by atoms with van der Waals surface area (Å²) in [5.74, 6) is -0.116. The summed E-state index contributed by atoms with van der Waals surface area (Å²) >= 11 is 0. The topological polar surface area (TPSA) is 36.4 Å². The number of nitrogens with zero attached hydrogens (tertiary/aromatic N) is 2. The van der Waals surface area contributed by atoms with Gasteiger partial charge in [0, 0.05) is 12.7 Å². The van der Waals surface area contributed by atoms with Gasteiger partial charge in [-0.2, -0.15) is 0 Å². The molecule has 0 radical (unpaired) electrons. The molecule has 0 amide bonds. The highest BCUT2D eigenvalue weighted by Crippen LogP contribution is 2.16. The molecule has 2 rings (SSSR count). The van der Waals surface area contributed by atoms with Crippen LogP contribution in [0.25, 0.3) is 0 Å². The lowest BCUT2D eigenvalue weighted by molar-refractivity contribution is 0.472. The van der Waals surface area contributed by atoms with E-state index >= 15 is 0 Å². The minimum absolute atomic E-state index is 0.141. The van der Waals surface area contributed by atoms with Crippen LogP contribution in [0.4, 0.5) is 10.1 Å². The number of aromatic hydroxyl groups is 1. The fourth-order valence-electron chi connectivity index (χ4n) is 1.56. The van der Waals surface area contributed by atoms with Crippen LogP contribution in [0.15, 0.2) is 42.6 Å². The molecule has 0 bridgehead atoms. The van der Waals surface area contributed by atoms with Crippen LogP contribution < -0.4 is 4.90 Å². The van der Waals surface area contributed by atoms with E-state index in [1.54, 1.807) is 18.2 Å². The van der Waals surface area contributed by atoms with E-state index in [-0.39, 0.29) is 11.6 Å². The molecule has 4 heteroatoms. The minimum atomic E-state index is -0.256. The molecule has 0 aliphatic rings. The second kappa shape index (κ2) is 4.82. The number of anilines is 1. The molecule has 0 saturated carbocycles. The maximum absolute atomic E-state index is 13.0. The van der Waals surface area contributed by atoms with Crippen molar-refractivity contribution in [2.24, 2.45) is 0 Å². The Balaban J connectivity index is 2.11. The van der Waals surface area contributed by atoms with Gasteiger partial charge in [0.15, 0.2) is 0 Å². The molecule has 1 aromatic heterocycles. The van der Waals surface area contributed by atoms with Crippen LogP contribution in [0.3, 0.4) is 0 Å². The Morgan fingerprint density at radius 1 is 1.29 bits per heavy atom. The first kappa shape index (κ1) is 11.4. The van der Waals surface area contributed by atoms with Gasteiger partial charge >= 0.3 is 0 Å². The van der Waals surface area contributed by atoms with Gasteiger partial charge in [-0.15, -0.1) is 0 Å². The Bertz CT molecular complexity index is 499. The number of hydrogen-bond donors (Lipinski definition) is 1. The molecule has 17 heavy (non-hydrogen) atoms. The van der Waals surface area contributed by atoms with Gasteiger partial charge in [0.05, 0.1) is 18.4 Å². The van der Waals surface area contributed by atoms with Crippen molar-refractivity contribution in [1.82, 2.24) is 4.98 Å². The minimum Gasteiger partial charge on any atom is -0.506 e. The molecule has 88 valence electrons. The van der Waals surface area contributed by atoms with Crippen LogP contribution in [0.1, 0.15) is 5.69 Å². The van der Waals surface area contributed by atoms with Crippen molar-refractivity contribution in [3.63, 3.8) is 0 Å². The van der Waals surface area contributed by atoms with Crippen LogP contribution in [-0.4, -0.2) is 17.1 Å². The average Bonchev–Trinajstić information content (AvgIpc) is 2.32. The molecule has 0 unspecified atom stereocenters. The number of rotatable bonds is 3. The number of pyridine rings is 1. The van der Waals surface area contributed by atoms with Crippen LogP contribution in [0.2, 0.25) is 0 Å². The molecule has 0 aliphatic heterocycles. The fraction of sp³-hybridized carbons (Fsp3) is 0.154. The summed E-state index contributed by atoms with van der Waals surface area (Å²) in [6.45, 7) is 0.559. The van der Waals surface area contributed by atoms with Gasteiger partial charge in [-0.05, 0) is 30.3 Å². The summed E-state index contributed by atoms with van der Waals surface area (Å²) in [5, 5.41) is 9.12. The molecule has 0 saturated heterocycles. The van der Waals surface area contributed by atoms with Crippen molar-refractivity contribution >= 4 is 5.69 Å². The molecule has 1 heterocycles. The number of aromatic nitrogens is 1. The zero-order valence-corrected chi connectivity index (χ0v) is 9.47. The molecule has 3 nitrogen and oxygen atoms in total. The average molecular weight is 232 g/mol. The van der Waals surface area contributed by atoms with E-state index < -0.39 is 0 Å². The maximum atomic E-state index is 13.0. The normalized spacial score (nSPS) is 10.2.